The lowest BCUT2D eigenvalue weighted by atomic mass is 9.93. The van der Waals surface area contributed by atoms with Crippen LogP contribution in [0.15, 0.2) is 11.0 Å². The Morgan fingerprint density at radius 1 is 1.40 bits per heavy atom. The second kappa shape index (κ2) is 7.64. The molecule has 114 valence electrons. The summed E-state index contributed by atoms with van der Waals surface area (Å²) in [6.45, 7) is 7.27. The quantitative estimate of drug-likeness (QED) is 0.774. The first-order valence-electron chi connectivity index (χ1n) is 7.27. The normalized spacial score (nSPS) is 11.7. The number of hydrogen-bond donors (Lipinski definition) is 2. The van der Waals surface area contributed by atoms with Crippen LogP contribution in [-0.4, -0.2) is 21.9 Å². The van der Waals surface area contributed by atoms with Gasteiger partial charge in [-0.25, -0.2) is 4.68 Å². The van der Waals surface area contributed by atoms with Crippen molar-refractivity contribution in [1.82, 2.24) is 9.78 Å². The van der Waals surface area contributed by atoms with Crippen LogP contribution in [0.1, 0.15) is 46.5 Å². The molecular formula is C14H25ClN4O. The molecule has 0 atom stereocenters. The van der Waals surface area contributed by atoms with Gasteiger partial charge in [0.1, 0.15) is 5.02 Å². The van der Waals surface area contributed by atoms with Gasteiger partial charge >= 0.3 is 0 Å². The van der Waals surface area contributed by atoms with Gasteiger partial charge in [-0.3, -0.25) is 4.79 Å². The van der Waals surface area contributed by atoms with Gasteiger partial charge in [-0.2, -0.15) is 5.10 Å². The minimum Gasteiger partial charge on any atom is -0.376 e. The van der Waals surface area contributed by atoms with Gasteiger partial charge in [0, 0.05) is 18.6 Å². The largest absolute Gasteiger partial charge is 0.376 e. The number of rotatable bonds is 8. The van der Waals surface area contributed by atoms with Crippen LogP contribution in [0.5, 0.6) is 0 Å². The first kappa shape index (κ1) is 17.0. The first-order chi connectivity index (χ1) is 9.53. The van der Waals surface area contributed by atoms with Crippen molar-refractivity contribution in [1.29, 1.82) is 0 Å². The molecule has 5 nitrogen and oxygen atoms in total. The van der Waals surface area contributed by atoms with E-state index in [0.29, 0.717) is 18.8 Å². The highest BCUT2D eigenvalue weighted by molar-refractivity contribution is 6.32. The molecule has 3 N–H and O–H groups in total. The Balaban J connectivity index is 3.03. The van der Waals surface area contributed by atoms with Gasteiger partial charge in [0.25, 0.3) is 5.56 Å². The standard InChI is InChI=1S/C14H25ClN4O/c1-4-7-8-19-13(20)12(15)11(9-17-19)18-14(5-2,6-3)10-16/h9,18H,4-8,10,16H2,1-3H3. The van der Waals surface area contributed by atoms with Crippen molar-refractivity contribution in [2.45, 2.75) is 58.5 Å². The van der Waals surface area contributed by atoms with Gasteiger partial charge in [0.15, 0.2) is 0 Å². The molecular weight excluding hydrogens is 276 g/mol. The van der Waals surface area contributed by atoms with E-state index in [0.717, 1.165) is 25.7 Å². The fourth-order valence-corrected chi connectivity index (χ4v) is 2.27. The van der Waals surface area contributed by atoms with E-state index >= 15 is 0 Å². The Bertz CT molecular complexity index is 474. The van der Waals surface area contributed by atoms with Crippen LogP contribution in [0.2, 0.25) is 5.02 Å². The lowest BCUT2D eigenvalue weighted by molar-refractivity contribution is 0.444. The van der Waals surface area contributed by atoms with Crippen molar-refractivity contribution in [3.8, 4) is 0 Å². The highest BCUT2D eigenvalue weighted by Crippen LogP contribution is 2.24. The molecule has 0 radical (unpaired) electrons. The van der Waals surface area contributed by atoms with E-state index in [-0.39, 0.29) is 16.1 Å². The summed E-state index contributed by atoms with van der Waals surface area (Å²) in [5.74, 6) is 0. The molecule has 0 spiro atoms. The van der Waals surface area contributed by atoms with Crippen molar-refractivity contribution in [3.05, 3.63) is 21.6 Å². The monoisotopic (exact) mass is 300 g/mol. The predicted molar refractivity (Wildman–Crippen MR) is 84.4 cm³/mol. The Morgan fingerprint density at radius 3 is 2.55 bits per heavy atom. The van der Waals surface area contributed by atoms with Crippen molar-refractivity contribution in [2.24, 2.45) is 5.73 Å². The Hall–Kier alpha value is -1.07. The zero-order chi connectivity index (χ0) is 15.2. The summed E-state index contributed by atoms with van der Waals surface area (Å²) in [4.78, 5) is 12.1. The number of nitrogens with zero attached hydrogens (tertiary/aromatic N) is 2. The molecule has 20 heavy (non-hydrogen) atoms. The lowest BCUT2D eigenvalue weighted by Crippen LogP contribution is -2.45. The van der Waals surface area contributed by atoms with Crippen LogP contribution in [0.25, 0.3) is 0 Å². The van der Waals surface area contributed by atoms with E-state index < -0.39 is 0 Å². The van der Waals surface area contributed by atoms with E-state index in [9.17, 15) is 4.79 Å². The number of aromatic nitrogens is 2. The third kappa shape index (κ3) is 3.73. The van der Waals surface area contributed by atoms with Crippen LogP contribution in [0, 0.1) is 0 Å². The van der Waals surface area contributed by atoms with Crippen molar-refractivity contribution in [3.63, 3.8) is 0 Å². The van der Waals surface area contributed by atoms with E-state index in [1.807, 2.05) is 0 Å². The number of aryl methyl sites for hydroxylation is 1. The molecule has 1 heterocycles. The molecule has 0 unspecified atom stereocenters. The van der Waals surface area contributed by atoms with E-state index in [1.165, 1.54) is 4.68 Å². The molecule has 0 saturated carbocycles. The van der Waals surface area contributed by atoms with Gasteiger partial charge < -0.3 is 11.1 Å². The second-order valence-corrected chi connectivity index (χ2v) is 5.45. The van der Waals surface area contributed by atoms with Crippen LogP contribution < -0.4 is 16.6 Å². The third-order valence-corrected chi connectivity index (χ3v) is 4.22. The van der Waals surface area contributed by atoms with Crippen LogP contribution >= 0.6 is 11.6 Å². The highest BCUT2D eigenvalue weighted by Gasteiger charge is 2.25. The Kier molecular flexibility index (Phi) is 6.49. The molecule has 0 aliphatic carbocycles. The smallest absolute Gasteiger partial charge is 0.287 e. The molecule has 0 saturated heterocycles. The van der Waals surface area contributed by atoms with Crippen LogP contribution in [0.4, 0.5) is 5.69 Å². The van der Waals surface area contributed by atoms with Gasteiger partial charge in [0.2, 0.25) is 0 Å². The summed E-state index contributed by atoms with van der Waals surface area (Å²) in [5.41, 5.74) is 5.93. The van der Waals surface area contributed by atoms with Crippen molar-refractivity contribution in [2.75, 3.05) is 11.9 Å². The maximum atomic E-state index is 12.1. The van der Waals surface area contributed by atoms with Gasteiger partial charge in [-0.1, -0.05) is 38.8 Å². The average Bonchev–Trinajstić information content (AvgIpc) is 2.48. The predicted octanol–water partition coefficient (Wildman–Crippen LogP) is 2.63. The SMILES string of the molecule is CCCCn1ncc(NC(CC)(CC)CN)c(Cl)c1=O. The minimum absolute atomic E-state index is 0.191. The first-order valence-corrected chi connectivity index (χ1v) is 7.65. The van der Waals surface area contributed by atoms with E-state index in [1.54, 1.807) is 6.20 Å². The molecule has 0 aliphatic heterocycles. The van der Waals surface area contributed by atoms with Gasteiger partial charge in [-0.15, -0.1) is 0 Å². The number of anilines is 1. The maximum Gasteiger partial charge on any atom is 0.287 e. The molecule has 0 aromatic carbocycles. The molecule has 1 aromatic heterocycles. The van der Waals surface area contributed by atoms with Crippen LogP contribution in [-0.2, 0) is 6.54 Å². The second-order valence-electron chi connectivity index (χ2n) is 5.07. The number of halogens is 1. The number of hydrogen-bond acceptors (Lipinski definition) is 4. The Labute approximate surface area is 125 Å². The highest BCUT2D eigenvalue weighted by atomic mass is 35.5. The fourth-order valence-electron chi connectivity index (χ4n) is 2.07. The molecule has 0 amide bonds. The maximum absolute atomic E-state index is 12.1. The molecule has 0 aliphatic rings. The lowest BCUT2D eigenvalue weighted by Gasteiger charge is -2.32. The van der Waals surface area contributed by atoms with Crippen LogP contribution in [0.3, 0.4) is 0 Å². The fraction of sp³-hybridized carbons (Fsp3) is 0.714. The van der Waals surface area contributed by atoms with Crippen molar-refractivity contribution < 1.29 is 0 Å². The summed E-state index contributed by atoms with van der Waals surface area (Å²) in [5, 5.41) is 7.67. The molecule has 0 fully saturated rings. The topological polar surface area (TPSA) is 72.9 Å². The zero-order valence-corrected chi connectivity index (χ0v) is 13.3. The number of nitrogens with one attached hydrogen (secondary N) is 1. The van der Waals surface area contributed by atoms with E-state index in [2.05, 4.69) is 31.2 Å². The van der Waals surface area contributed by atoms with Crippen molar-refractivity contribution >= 4 is 17.3 Å². The summed E-state index contributed by atoms with van der Waals surface area (Å²) in [7, 11) is 0. The van der Waals surface area contributed by atoms with E-state index in [4.69, 9.17) is 17.3 Å². The third-order valence-electron chi connectivity index (χ3n) is 3.85. The molecule has 1 rings (SSSR count). The summed E-state index contributed by atoms with van der Waals surface area (Å²) in [6, 6.07) is 0. The number of nitrogens with two attached hydrogens (primary N) is 1. The number of unbranched alkanes of at least 4 members (excludes halogenated alkanes) is 1. The van der Waals surface area contributed by atoms with Gasteiger partial charge in [0.05, 0.1) is 11.9 Å². The summed E-state index contributed by atoms with van der Waals surface area (Å²) >= 11 is 6.18. The zero-order valence-electron chi connectivity index (χ0n) is 12.6. The Morgan fingerprint density at radius 2 is 2.05 bits per heavy atom. The van der Waals surface area contributed by atoms with Gasteiger partial charge in [-0.05, 0) is 19.3 Å². The average molecular weight is 301 g/mol. The molecule has 6 heteroatoms. The molecule has 0 bridgehead atoms. The molecule has 1 aromatic rings. The summed E-state index contributed by atoms with van der Waals surface area (Å²) in [6.07, 6.45) is 5.25. The summed E-state index contributed by atoms with van der Waals surface area (Å²) < 4.78 is 1.42. The minimum atomic E-state index is -0.247.